The molecule has 2 aromatic heterocycles. The van der Waals surface area contributed by atoms with Crippen LogP contribution in [0.25, 0.3) is 22.1 Å². The van der Waals surface area contributed by atoms with Gasteiger partial charge in [-0.25, -0.2) is 9.78 Å². The molecule has 3 aromatic rings. The summed E-state index contributed by atoms with van der Waals surface area (Å²) in [5.74, 6) is 1.23. The third-order valence-corrected chi connectivity index (χ3v) is 5.62. The molecule has 0 saturated carbocycles. The fraction of sp³-hybridized carbons (Fsp3) is 0.520. The predicted octanol–water partition coefficient (Wildman–Crippen LogP) is 4.47. The molecule has 1 atom stereocenters. The number of carbonyl (C=O) groups is 2. The molecule has 2 amide bonds. The van der Waals surface area contributed by atoms with Crippen molar-refractivity contribution in [3.05, 3.63) is 18.2 Å². The topological polar surface area (TPSA) is 119 Å². The zero-order valence-electron chi connectivity index (χ0n) is 21.3. The summed E-state index contributed by atoms with van der Waals surface area (Å²) in [5.41, 5.74) is 0.544. The van der Waals surface area contributed by atoms with Crippen LogP contribution in [0, 0.1) is 5.41 Å². The van der Waals surface area contributed by atoms with Crippen molar-refractivity contribution in [3.8, 4) is 5.75 Å². The Kier molecular flexibility index (Phi) is 6.25. The number of aromatic nitrogens is 2. The van der Waals surface area contributed by atoms with Gasteiger partial charge in [0.2, 0.25) is 11.9 Å². The monoisotopic (exact) mass is 483 g/mol. The first-order valence-electron chi connectivity index (χ1n) is 11.7. The lowest BCUT2D eigenvalue weighted by atomic mass is 9.96. The number of benzene rings is 1. The Morgan fingerprint density at radius 3 is 2.54 bits per heavy atom. The smallest absolute Gasteiger partial charge is 0.407 e. The summed E-state index contributed by atoms with van der Waals surface area (Å²) in [4.78, 5) is 36.3. The van der Waals surface area contributed by atoms with Crippen LogP contribution in [0.4, 0.5) is 16.6 Å². The van der Waals surface area contributed by atoms with E-state index in [2.05, 4.69) is 20.6 Å². The van der Waals surface area contributed by atoms with Crippen molar-refractivity contribution < 1.29 is 23.5 Å². The Morgan fingerprint density at radius 2 is 1.89 bits per heavy atom. The molecule has 10 heteroatoms. The van der Waals surface area contributed by atoms with Crippen molar-refractivity contribution in [1.29, 1.82) is 0 Å². The van der Waals surface area contributed by atoms with E-state index in [4.69, 9.17) is 13.9 Å². The SMILES string of the molecule is COc1ccc2oc3c(N4CCC(NC(=O)OC(C)(C)C)C4)nc(NC(=O)C(C)(C)C)nc3c2c1. The van der Waals surface area contributed by atoms with Gasteiger partial charge in [-0.1, -0.05) is 20.8 Å². The van der Waals surface area contributed by atoms with E-state index in [-0.39, 0.29) is 17.9 Å². The number of furan rings is 1. The summed E-state index contributed by atoms with van der Waals surface area (Å²) in [6.07, 6.45) is 0.258. The lowest BCUT2D eigenvalue weighted by Gasteiger charge is -2.22. The van der Waals surface area contributed by atoms with Crippen LogP contribution in [0.3, 0.4) is 0 Å². The standard InChI is InChI=1S/C25H33N5O5/c1-24(2,3)21(31)29-22-27-18-16-12-15(33-7)8-9-17(16)34-19(18)20(28-22)30-11-10-14(13-30)26-23(32)35-25(4,5)6/h8-9,12,14H,10-11,13H2,1-7H3,(H,26,32)(H,27,28,29,31). The van der Waals surface area contributed by atoms with E-state index < -0.39 is 17.1 Å². The van der Waals surface area contributed by atoms with Crippen molar-refractivity contribution in [2.75, 3.05) is 30.4 Å². The zero-order valence-corrected chi connectivity index (χ0v) is 21.3. The first-order valence-corrected chi connectivity index (χ1v) is 11.7. The minimum atomic E-state index is -0.615. The second-order valence-electron chi connectivity index (χ2n) is 10.8. The van der Waals surface area contributed by atoms with Gasteiger partial charge in [0.05, 0.1) is 18.5 Å². The quantitative estimate of drug-likeness (QED) is 0.558. The molecule has 0 bridgehead atoms. The van der Waals surface area contributed by atoms with E-state index in [0.717, 1.165) is 5.39 Å². The maximum atomic E-state index is 12.7. The van der Waals surface area contributed by atoms with Gasteiger partial charge in [0, 0.05) is 18.5 Å². The highest BCUT2D eigenvalue weighted by atomic mass is 16.6. The Labute approximate surface area is 204 Å². The molecule has 188 valence electrons. The minimum absolute atomic E-state index is 0.119. The molecular weight excluding hydrogens is 450 g/mol. The van der Waals surface area contributed by atoms with E-state index >= 15 is 0 Å². The highest BCUT2D eigenvalue weighted by Crippen LogP contribution is 2.36. The third-order valence-electron chi connectivity index (χ3n) is 5.62. The number of methoxy groups -OCH3 is 1. The number of hydrogen-bond acceptors (Lipinski definition) is 8. The number of alkyl carbamates (subject to hydrolysis) is 1. The minimum Gasteiger partial charge on any atom is -0.497 e. The van der Waals surface area contributed by atoms with Gasteiger partial charge in [-0.15, -0.1) is 0 Å². The zero-order chi connectivity index (χ0) is 25.5. The van der Waals surface area contributed by atoms with E-state index in [0.29, 0.717) is 47.8 Å². The predicted molar refractivity (Wildman–Crippen MR) is 134 cm³/mol. The summed E-state index contributed by atoms with van der Waals surface area (Å²) in [5, 5.41) is 6.53. The Bertz CT molecular complexity index is 1270. The lowest BCUT2D eigenvalue weighted by molar-refractivity contribution is -0.123. The van der Waals surface area contributed by atoms with Crippen LogP contribution < -0.4 is 20.3 Å². The average Bonchev–Trinajstić information content (AvgIpc) is 3.35. The molecular formula is C25H33N5O5. The first kappa shape index (κ1) is 24.6. The molecule has 35 heavy (non-hydrogen) atoms. The molecule has 0 radical (unpaired) electrons. The summed E-state index contributed by atoms with van der Waals surface area (Å²) in [7, 11) is 1.60. The molecule has 2 N–H and O–H groups in total. The number of amides is 2. The Morgan fingerprint density at radius 1 is 1.14 bits per heavy atom. The number of carbonyl (C=O) groups excluding carboxylic acids is 2. The van der Waals surface area contributed by atoms with Crippen LogP contribution in [-0.2, 0) is 9.53 Å². The van der Waals surface area contributed by atoms with Crippen molar-refractivity contribution in [3.63, 3.8) is 0 Å². The van der Waals surface area contributed by atoms with E-state index in [9.17, 15) is 9.59 Å². The second kappa shape index (κ2) is 8.90. The fourth-order valence-corrected chi connectivity index (χ4v) is 3.84. The summed E-state index contributed by atoms with van der Waals surface area (Å²) in [6.45, 7) is 12.1. The van der Waals surface area contributed by atoms with Crippen LogP contribution >= 0.6 is 0 Å². The number of hydrogen-bond donors (Lipinski definition) is 2. The average molecular weight is 484 g/mol. The van der Waals surface area contributed by atoms with Crippen LogP contribution in [0.1, 0.15) is 48.0 Å². The van der Waals surface area contributed by atoms with Gasteiger partial charge in [-0.2, -0.15) is 4.98 Å². The first-order chi connectivity index (χ1) is 16.3. The maximum Gasteiger partial charge on any atom is 0.407 e. The molecule has 1 saturated heterocycles. The fourth-order valence-electron chi connectivity index (χ4n) is 3.84. The summed E-state index contributed by atoms with van der Waals surface area (Å²) >= 11 is 0. The Hall–Kier alpha value is -3.56. The van der Waals surface area contributed by atoms with Crippen LogP contribution in [0.5, 0.6) is 5.75 Å². The number of rotatable bonds is 4. The highest BCUT2D eigenvalue weighted by molar-refractivity contribution is 6.07. The maximum absolute atomic E-state index is 12.7. The summed E-state index contributed by atoms with van der Waals surface area (Å²) < 4.78 is 16.9. The van der Waals surface area contributed by atoms with Crippen LogP contribution in [-0.4, -0.2) is 53.8 Å². The van der Waals surface area contributed by atoms with Gasteiger partial charge in [-0.3, -0.25) is 10.1 Å². The molecule has 1 unspecified atom stereocenters. The molecule has 10 nitrogen and oxygen atoms in total. The van der Waals surface area contributed by atoms with Gasteiger partial charge in [0.25, 0.3) is 0 Å². The van der Waals surface area contributed by atoms with Gasteiger partial charge < -0.3 is 24.1 Å². The lowest BCUT2D eigenvalue weighted by Crippen LogP contribution is -2.40. The molecule has 1 aliphatic heterocycles. The Balaban J connectivity index is 1.70. The number of ether oxygens (including phenoxy) is 2. The van der Waals surface area contributed by atoms with E-state index in [1.807, 2.05) is 64.6 Å². The normalized spacial score (nSPS) is 16.5. The van der Waals surface area contributed by atoms with Crippen LogP contribution in [0.15, 0.2) is 22.6 Å². The molecule has 0 spiro atoms. The molecule has 0 aliphatic carbocycles. The van der Waals surface area contributed by atoms with Crippen molar-refractivity contribution >= 4 is 45.8 Å². The third kappa shape index (κ3) is 5.41. The molecule has 3 heterocycles. The van der Waals surface area contributed by atoms with E-state index in [1.54, 1.807) is 7.11 Å². The van der Waals surface area contributed by atoms with Gasteiger partial charge in [0.1, 0.15) is 22.5 Å². The van der Waals surface area contributed by atoms with Crippen molar-refractivity contribution in [2.45, 2.75) is 59.6 Å². The number of nitrogens with one attached hydrogen (secondary N) is 2. The molecule has 1 fully saturated rings. The van der Waals surface area contributed by atoms with Crippen LogP contribution in [0.2, 0.25) is 0 Å². The number of anilines is 2. The van der Waals surface area contributed by atoms with Gasteiger partial charge >= 0.3 is 6.09 Å². The molecule has 1 aromatic carbocycles. The molecule has 4 rings (SSSR count). The van der Waals surface area contributed by atoms with Crippen molar-refractivity contribution in [2.24, 2.45) is 5.41 Å². The molecule has 1 aliphatic rings. The highest BCUT2D eigenvalue weighted by Gasteiger charge is 2.31. The number of nitrogens with zero attached hydrogens (tertiary/aromatic N) is 3. The van der Waals surface area contributed by atoms with Gasteiger partial charge in [-0.05, 0) is 45.4 Å². The largest absolute Gasteiger partial charge is 0.497 e. The second-order valence-corrected chi connectivity index (χ2v) is 10.8. The number of fused-ring (bicyclic) bond motifs is 3. The van der Waals surface area contributed by atoms with Gasteiger partial charge in [0.15, 0.2) is 11.4 Å². The summed E-state index contributed by atoms with van der Waals surface area (Å²) in [6, 6.07) is 5.37. The van der Waals surface area contributed by atoms with E-state index in [1.165, 1.54) is 0 Å². The van der Waals surface area contributed by atoms with Crippen molar-refractivity contribution in [1.82, 2.24) is 15.3 Å².